The van der Waals surface area contributed by atoms with Crippen LogP contribution in [0, 0.1) is 0 Å². The number of rotatable bonds is 7. The summed E-state index contributed by atoms with van der Waals surface area (Å²) in [6.45, 7) is 6.01. The van der Waals surface area contributed by atoms with Gasteiger partial charge in [-0.05, 0) is 56.7 Å². The second-order valence-corrected chi connectivity index (χ2v) is 6.66. The van der Waals surface area contributed by atoms with E-state index in [1.165, 1.54) is 0 Å². The minimum Gasteiger partial charge on any atom is -0.462 e. The molecule has 0 radical (unpaired) electrons. The molecule has 0 spiro atoms. The smallest absolute Gasteiger partial charge is 0.338 e. The van der Waals surface area contributed by atoms with Crippen molar-refractivity contribution in [2.24, 2.45) is 4.99 Å². The lowest BCUT2D eigenvalue weighted by Crippen LogP contribution is -2.19. The van der Waals surface area contributed by atoms with Gasteiger partial charge in [-0.15, -0.1) is 0 Å². The Hall–Kier alpha value is -3.41. The Labute approximate surface area is 169 Å². The summed E-state index contributed by atoms with van der Waals surface area (Å²) >= 11 is 0. The Balaban J connectivity index is 1.97. The predicted molar refractivity (Wildman–Crippen MR) is 115 cm³/mol. The van der Waals surface area contributed by atoms with Crippen LogP contribution in [0.25, 0.3) is 5.69 Å². The average molecular weight is 391 g/mol. The van der Waals surface area contributed by atoms with Gasteiger partial charge >= 0.3 is 5.97 Å². The summed E-state index contributed by atoms with van der Waals surface area (Å²) in [5, 5.41) is 3.23. The monoisotopic (exact) mass is 391 g/mol. The van der Waals surface area contributed by atoms with Crippen molar-refractivity contribution in [2.45, 2.75) is 33.6 Å². The molecule has 1 N–H and O–H groups in total. The van der Waals surface area contributed by atoms with E-state index in [1.807, 2.05) is 37.3 Å². The summed E-state index contributed by atoms with van der Waals surface area (Å²) in [7, 11) is 0. The third kappa shape index (κ3) is 4.54. The highest BCUT2D eigenvalue weighted by atomic mass is 16.5. The molecule has 150 valence electrons. The molecule has 0 fully saturated rings. The maximum atomic E-state index is 13.1. The van der Waals surface area contributed by atoms with Crippen molar-refractivity contribution in [3.63, 3.8) is 0 Å². The minimum absolute atomic E-state index is 0.121. The van der Waals surface area contributed by atoms with Gasteiger partial charge in [-0.3, -0.25) is 14.9 Å². The van der Waals surface area contributed by atoms with Gasteiger partial charge in [0.15, 0.2) is 0 Å². The van der Waals surface area contributed by atoms with Crippen molar-refractivity contribution in [3.05, 3.63) is 81.8 Å². The maximum absolute atomic E-state index is 13.1. The van der Waals surface area contributed by atoms with Gasteiger partial charge < -0.3 is 4.74 Å². The minimum atomic E-state index is -0.360. The van der Waals surface area contributed by atoms with Crippen LogP contribution in [-0.4, -0.2) is 28.1 Å². The van der Waals surface area contributed by atoms with Gasteiger partial charge in [0.25, 0.3) is 5.56 Å². The van der Waals surface area contributed by atoms with Crippen LogP contribution in [0.5, 0.6) is 0 Å². The number of esters is 1. The molecule has 3 aromatic rings. The summed E-state index contributed by atoms with van der Waals surface area (Å²) in [5.74, 6) is -0.360. The number of aromatic amines is 1. The van der Waals surface area contributed by atoms with Crippen molar-refractivity contribution in [1.29, 1.82) is 0 Å². The number of carbonyl (C=O) groups is 1. The zero-order valence-electron chi connectivity index (χ0n) is 16.9. The Bertz CT molecular complexity index is 1060. The number of para-hydroxylation sites is 1. The van der Waals surface area contributed by atoms with Gasteiger partial charge in [0, 0.05) is 5.69 Å². The number of benzene rings is 2. The lowest BCUT2D eigenvalue weighted by Gasteiger charge is -2.03. The quantitative estimate of drug-likeness (QED) is 0.478. The Morgan fingerprint density at radius 1 is 1.07 bits per heavy atom. The first-order chi connectivity index (χ1) is 14.0. The molecular formula is C23H25N3O3. The number of aliphatic imine (C=N–C) groups is 1. The fourth-order valence-electron chi connectivity index (χ4n) is 3.18. The number of carbonyl (C=O) groups excluding carboxylic acids is 1. The fourth-order valence-corrected chi connectivity index (χ4v) is 3.18. The van der Waals surface area contributed by atoms with Gasteiger partial charge in [0.2, 0.25) is 0 Å². The van der Waals surface area contributed by atoms with Crippen LogP contribution in [-0.2, 0) is 11.2 Å². The number of hydrogen-bond acceptors (Lipinski definition) is 4. The molecule has 6 heteroatoms. The van der Waals surface area contributed by atoms with Crippen molar-refractivity contribution in [2.75, 3.05) is 6.61 Å². The molecule has 29 heavy (non-hydrogen) atoms. The zero-order chi connectivity index (χ0) is 20.8. The second kappa shape index (κ2) is 9.19. The van der Waals surface area contributed by atoms with E-state index in [2.05, 4.69) is 17.0 Å². The van der Waals surface area contributed by atoms with E-state index in [4.69, 9.17) is 4.74 Å². The van der Waals surface area contributed by atoms with Crippen LogP contribution in [0.4, 0.5) is 5.69 Å². The first-order valence-electron chi connectivity index (χ1n) is 9.77. The van der Waals surface area contributed by atoms with Crippen molar-refractivity contribution >= 4 is 17.4 Å². The molecule has 2 aromatic carbocycles. The lowest BCUT2D eigenvalue weighted by molar-refractivity contribution is 0.0526. The summed E-state index contributed by atoms with van der Waals surface area (Å²) in [6, 6.07) is 16.3. The molecule has 0 amide bonds. The number of aryl methyl sites for hydroxylation is 1. The summed E-state index contributed by atoms with van der Waals surface area (Å²) in [4.78, 5) is 29.5. The number of ether oxygens (including phenoxy) is 1. The van der Waals surface area contributed by atoms with E-state index in [0.717, 1.165) is 24.2 Å². The van der Waals surface area contributed by atoms with Crippen LogP contribution >= 0.6 is 0 Å². The van der Waals surface area contributed by atoms with E-state index in [1.54, 1.807) is 35.9 Å². The predicted octanol–water partition coefficient (Wildman–Crippen LogP) is 4.44. The fraction of sp³-hybridized carbons (Fsp3) is 0.261. The second-order valence-electron chi connectivity index (χ2n) is 6.66. The molecule has 0 aliphatic carbocycles. The molecule has 0 aliphatic heterocycles. The molecule has 1 heterocycles. The SMILES string of the molecule is CCCc1[nH]n(-c2ccccc2)c(=O)c1C(C)=Nc1ccc(C(=O)OCC)cc1. The Kier molecular flexibility index (Phi) is 6.44. The third-order valence-corrected chi connectivity index (χ3v) is 4.52. The molecule has 0 unspecified atom stereocenters. The van der Waals surface area contributed by atoms with Crippen LogP contribution < -0.4 is 5.56 Å². The van der Waals surface area contributed by atoms with Crippen molar-refractivity contribution in [1.82, 2.24) is 9.78 Å². The van der Waals surface area contributed by atoms with E-state index >= 15 is 0 Å². The molecule has 0 saturated heterocycles. The standard InChI is InChI=1S/C23H25N3O3/c1-4-9-20-21(22(27)26(25-20)19-10-7-6-8-11-19)16(3)24-18-14-12-17(13-15-18)23(28)29-5-2/h6-8,10-15,25H,4-5,9H2,1-3H3. The largest absolute Gasteiger partial charge is 0.462 e. The average Bonchev–Trinajstić information content (AvgIpc) is 3.05. The molecular weight excluding hydrogens is 366 g/mol. The van der Waals surface area contributed by atoms with Gasteiger partial charge in [0.1, 0.15) is 0 Å². The molecule has 6 nitrogen and oxygen atoms in total. The number of nitrogens with zero attached hydrogens (tertiary/aromatic N) is 2. The molecule has 0 saturated carbocycles. The van der Waals surface area contributed by atoms with Crippen LogP contribution in [0.1, 0.15) is 48.8 Å². The summed E-state index contributed by atoms with van der Waals surface area (Å²) in [5.41, 5.74) is 3.90. The van der Waals surface area contributed by atoms with Crippen LogP contribution in [0.15, 0.2) is 64.4 Å². The third-order valence-electron chi connectivity index (χ3n) is 4.52. The van der Waals surface area contributed by atoms with Gasteiger partial charge in [-0.1, -0.05) is 31.5 Å². The molecule has 1 aromatic heterocycles. The molecule has 0 atom stereocenters. The highest BCUT2D eigenvalue weighted by molar-refractivity contribution is 6.01. The topological polar surface area (TPSA) is 76.5 Å². The number of hydrogen-bond donors (Lipinski definition) is 1. The normalized spacial score (nSPS) is 11.5. The Morgan fingerprint density at radius 2 is 1.76 bits per heavy atom. The number of H-pyrrole nitrogens is 1. The van der Waals surface area contributed by atoms with Crippen LogP contribution in [0.3, 0.4) is 0 Å². The van der Waals surface area contributed by atoms with Gasteiger partial charge in [-0.25, -0.2) is 9.48 Å². The van der Waals surface area contributed by atoms with Gasteiger partial charge in [0.05, 0.1) is 34.8 Å². The highest BCUT2D eigenvalue weighted by Crippen LogP contribution is 2.17. The number of aromatic nitrogens is 2. The zero-order valence-corrected chi connectivity index (χ0v) is 16.9. The lowest BCUT2D eigenvalue weighted by atomic mass is 10.1. The first-order valence-corrected chi connectivity index (χ1v) is 9.77. The van der Waals surface area contributed by atoms with E-state index in [-0.39, 0.29) is 11.5 Å². The molecule has 3 rings (SSSR count). The van der Waals surface area contributed by atoms with E-state index < -0.39 is 0 Å². The molecule has 0 aliphatic rings. The summed E-state index contributed by atoms with van der Waals surface area (Å²) in [6.07, 6.45) is 1.66. The number of nitrogens with one attached hydrogen (secondary N) is 1. The highest BCUT2D eigenvalue weighted by Gasteiger charge is 2.17. The van der Waals surface area contributed by atoms with E-state index in [9.17, 15) is 9.59 Å². The summed E-state index contributed by atoms with van der Waals surface area (Å²) < 4.78 is 6.56. The molecule has 0 bridgehead atoms. The first kappa shape index (κ1) is 20.3. The Morgan fingerprint density at radius 3 is 2.38 bits per heavy atom. The maximum Gasteiger partial charge on any atom is 0.338 e. The van der Waals surface area contributed by atoms with Gasteiger partial charge in [-0.2, -0.15) is 0 Å². The van der Waals surface area contributed by atoms with Crippen molar-refractivity contribution < 1.29 is 9.53 Å². The van der Waals surface area contributed by atoms with E-state index in [0.29, 0.717) is 29.1 Å². The van der Waals surface area contributed by atoms with Crippen molar-refractivity contribution in [3.8, 4) is 5.69 Å². The van der Waals surface area contributed by atoms with Crippen LogP contribution in [0.2, 0.25) is 0 Å².